The molecule has 0 spiro atoms. The maximum absolute atomic E-state index is 4.21. The van der Waals surface area contributed by atoms with Gasteiger partial charge in [-0.25, -0.2) is 4.98 Å². The molecule has 2 aliphatic carbocycles. The summed E-state index contributed by atoms with van der Waals surface area (Å²) in [7, 11) is 0. The Labute approximate surface area is 97.9 Å². The summed E-state index contributed by atoms with van der Waals surface area (Å²) in [6, 6.07) is 4.67. The van der Waals surface area contributed by atoms with Crippen molar-refractivity contribution < 1.29 is 0 Å². The minimum absolute atomic E-state index is 0.622. The van der Waals surface area contributed by atoms with Crippen molar-refractivity contribution in [1.29, 1.82) is 0 Å². The lowest BCUT2D eigenvalue weighted by molar-refractivity contribution is 0.218. The van der Waals surface area contributed by atoms with Gasteiger partial charge in [0.25, 0.3) is 0 Å². The van der Waals surface area contributed by atoms with Crippen LogP contribution in [0.4, 0.5) is 5.69 Å². The van der Waals surface area contributed by atoms with Gasteiger partial charge in [-0.05, 0) is 46.8 Å². The Kier molecular flexibility index (Phi) is 2.28. The van der Waals surface area contributed by atoms with Crippen LogP contribution in [0.15, 0.2) is 35.1 Å². The molecule has 3 atom stereocenters. The van der Waals surface area contributed by atoms with Gasteiger partial charge in [0.15, 0.2) is 0 Å². The first-order chi connectivity index (χ1) is 7.33. The van der Waals surface area contributed by atoms with Crippen LogP contribution in [0.5, 0.6) is 0 Å². The second-order valence-electron chi connectivity index (χ2n) is 4.36. The van der Waals surface area contributed by atoms with Crippen molar-refractivity contribution in [2.45, 2.75) is 18.9 Å². The minimum atomic E-state index is 0.622. The zero-order valence-electron chi connectivity index (χ0n) is 8.36. The zero-order chi connectivity index (χ0) is 10.3. The van der Waals surface area contributed by atoms with Crippen LogP contribution in [0.2, 0.25) is 0 Å². The van der Waals surface area contributed by atoms with Gasteiger partial charge in [-0.3, -0.25) is 0 Å². The van der Waals surface area contributed by atoms with Crippen LogP contribution in [0.25, 0.3) is 0 Å². The monoisotopic (exact) mass is 264 g/mol. The number of fused-ring (bicyclic) bond motifs is 1. The molecule has 3 heteroatoms. The molecule has 2 nitrogen and oxygen atoms in total. The Morgan fingerprint density at radius 3 is 3.07 bits per heavy atom. The number of aromatic nitrogens is 1. The molecule has 1 N–H and O–H groups in total. The van der Waals surface area contributed by atoms with E-state index in [1.807, 2.05) is 12.3 Å². The largest absolute Gasteiger partial charge is 0.380 e. The summed E-state index contributed by atoms with van der Waals surface area (Å²) < 4.78 is 0.889. The summed E-state index contributed by atoms with van der Waals surface area (Å²) in [6.45, 7) is 0. The highest BCUT2D eigenvalue weighted by Gasteiger charge is 2.40. The molecule has 15 heavy (non-hydrogen) atoms. The fraction of sp³-hybridized carbons (Fsp3) is 0.417. The standard InChI is InChI=1S/C12H13BrN2/c13-12-5-4-9(7-14-12)15-11-6-8-2-1-3-10(8)11/h1,3-5,7-8,10-11,15H,2,6H2. The van der Waals surface area contributed by atoms with Gasteiger partial charge in [-0.15, -0.1) is 0 Å². The van der Waals surface area contributed by atoms with Gasteiger partial charge in [0.1, 0.15) is 4.60 Å². The van der Waals surface area contributed by atoms with Crippen molar-refractivity contribution in [3.05, 3.63) is 35.1 Å². The lowest BCUT2D eigenvalue weighted by Crippen LogP contribution is -2.43. The lowest BCUT2D eigenvalue weighted by Gasteiger charge is -2.41. The van der Waals surface area contributed by atoms with Crippen LogP contribution in [0, 0.1) is 11.8 Å². The molecular weight excluding hydrogens is 252 g/mol. The molecule has 2 aliphatic rings. The Bertz CT molecular complexity index is 385. The van der Waals surface area contributed by atoms with Crippen LogP contribution in [-0.4, -0.2) is 11.0 Å². The Hall–Kier alpha value is -0.830. The lowest BCUT2D eigenvalue weighted by atomic mass is 9.71. The predicted octanol–water partition coefficient (Wildman–Crippen LogP) is 3.22. The average molecular weight is 265 g/mol. The van der Waals surface area contributed by atoms with Crippen molar-refractivity contribution in [1.82, 2.24) is 4.98 Å². The topological polar surface area (TPSA) is 24.9 Å². The van der Waals surface area contributed by atoms with E-state index in [0.29, 0.717) is 6.04 Å². The zero-order valence-corrected chi connectivity index (χ0v) is 9.94. The highest BCUT2D eigenvalue weighted by molar-refractivity contribution is 9.10. The van der Waals surface area contributed by atoms with Crippen LogP contribution >= 0.6 is 15.9 Å². The number of nitrogens with one attached hydrogen (secondary N) is 1. The molecule has 78 valence electrons. The predicted molar refractivity (Wildman–Crippen MR) is 64.7 cm³/mol. The Morgan fingerprint density at radius 2 is 2.33 bits per heavy atom. The molecule has 3 rings (SSSR count). The van der Waals surface area contributed by atoms with Gasteiger partial charge in [0.05, 0.1) is 11.9 Å². The quantitative estimate of drug-likeness (QED) is 0.656. The molecule has 0 saturated heterocycles. The second-order valence-corrected chi connectivity index (χ2v) is 5.17. The van der Waals surface area contributed by atoms with E-state index in [0.717, 1.165) is 22.1 Å². The molecule has 0 amide bonds. The van der Waals surface area contributed by atoms with Crippen molar-refractivity contribution in [2.75, 3.05) is 5.32 Å². The van der Waals surface area contributed by atoms with E-state index in [2.05, 4.69) is 44.4 Å². The van der Waals surface area contributed by atoms with Gasteiger partial charge in [-0.2, -0.15) is 0 Å². The molecule has 0 aliphatic heterocycles. The number of nitrogens with zero attached hydrogens (tertiary/aromatic N) is 1. The van der Waals surface area contributed by atoms with Gasteiger partial charge in [0, 0.05) is 12.0 Å². The summed E-state index contributed by atoms with van der Waals surface area (Å²) >= 11 is 3.34. The van der Waals surface area contributed by atoms with E-state index < -0.39 is 0 Å². The Balaban J connectivity index is 1.66. The summed E-state index contributed by atoms with van der Waals surface area (Å²) in [5.41, 5.74) is 1.13. The van der Waals surface area contributed by atoms with Crippen LogP contribution in [-0.2, 0) is 0 Å². The van der Waals surface area contributed by atoms with Crippen molar-refractivity contribution in [3.63, 3.8) is 0 Å². The third-order valence-electron chi connectivity index (χ3n) is 3.44. The molecule has 1 fully saturated rings. The second kappa shape index (κ2) is 3.63. The van der Waals surface area contributed by atoms with Gasteiger partial charge in [-0.1, -0.05) is 12.2 Å². The molecule has 0 radical (unpaired) electrons. The van der Waals surface area contributed by atoms with E-state index in [1.165, 1.54) is 12.8 Å². The highest BCUT2D eigenvalue weighted by Crippen LogP contribution is 2.43. The number of hydrogen-bond acceptors (Lipinski definition) is 2. The molecule has 0 bridgehead atoms. The molecule has 3 unspecified atom stereocenters. The fourth-order valence-electron chi connectivity index (χ4n) is 2.56. The average Bonchev–Trinajstić information content (AvgIpc) is 2.59. The molecular formula is C12H13BrN2. The number of allylic oxidation sites excluding steroid dienone is 1. The van der Waals surface area contributed by atoms with Crippen LogP contribution in [0.3, 0.4) is 0 Å². The van der Waals surface area contributed by atoms with Crippen LogP contribution < -0.4 is 5.32 Å². The number of halogens is 1. The first-order valence-electron chi connectivity index (χ1n) is 5.38. The smallest absolute Gasteiger partial charge is 0.106 e. The van der Waals surface area contributed by atoms with E-state index >= 15 is 0 Å². The van der Waals surface area contributed by atoms with E-state index in [9.17, 15) is 0 Å². The summed E-state index contributed by atoms with van der Waals surface area (Å²) in [6.07, 6.45) is 9.14. The van der Waals surface area contributed by atoms with Crippen molar-refractivity contribution in [3.8, 4) is 0 Å². The van der Waals surface area contributed by atoms with Crippen LogP contribution in [0.1, 0.15) is 12.8 Å². The maximum Gasteiger partial charge on any atom is 0.106 e. The van der Waals surface area contributed by atoms with E-state index in [-0.39, 0.29) is 0 Å². The number of rotatable bonds is 2. The summed E-state index contributed by atoms with van der Waals surface area (Å²) in [4.78, 5) is 4.21. The number of hydrogen-bond donors (Lipinski definition) is 1. The first kappa shape index (κ1) is 9.40. The van der Waals surface area contributed by atoms with Crippen molar-refractivity contribution in [2.24, 2.45) is 11.8 Å². The number of pyridine rings is 1. The van der Waals surface area contributed by atoms with E-state index in [4.69, 9.17) is 0 Å². The maximum atomic E-state index is 4.21. The van der Waals surface area contributed by atoms with Gasteiger partial charge >= 0.3 is 0 Å². The normalized spacial score (nSPS) is 32.2. The highest BCUT2D eigenvalue weighted by atomic mass is 79.9. The van der Waals surface area contributed by atoms with Gasteiger partial charge in [0.2, 0.25) is 0 Å². The molecule has 1 saturated carbocycles. The Morgan fingerprint density at radius 1 is 1.40 bits per heavy atom. The molecule has 1 aromatic rings. The first-order valence-corrected chi connectivity index (χ1v) is 6.17. The summed E-state index contributed by atoms with van der Waals surface area (Å²) in [5, 5.41) is 3.54. The summed E-state index contributed by atoms with van der Waals surface area (Å²) in [5.74, 6) is 1.67. The van der Waals surface area contributed by atoms with Crippen molar-refractivity contribution >= 4 is 21.6 Å². The molecule has 0 aromatic carbocycles. The molecule has 1 heterocycles. The third kappa shape index (κ3) is 1.69. The molecule has 1 aromatic heterocycles. The van der Waals surface area contributed by atoms with Gasteiger partial charge < -0.3 is 5.32 Å². The fourth-order valence-corrected chi connectivity index (χ4v) is 2.79. The van der Waals surface area contributed by atoms with E-state index in [1.54, 1.807) is 0 Å². The third-order valence-corrected chi connectivity index (χ3v) is 3.91. The minimum Gasteiger partial charge on any atom is -0.380 e. The SMILES string of the molecule is Brc1ccc(NC2CC3CC=CC32)cn1. The number of anilines is 1.